The lowest BCUT2D eigenvalue weighted by Crippen LogP contribution is -2.43. The van der Waals surface area contributed by atoms with Gasteiger partial charge in [0.15, 0.2) is 5.25 Å². The predicted octanol–water partition coefficient (Wildman–Crippen LogP) is -0.223. The summed E-state index contributed by atoms with van der Waals surface area (Å²) in [5.74, 6) is -1.15. The smallest absolute Gasteiger partial charge is 0.322 e. The zero-order chi connectivity index (χ0) is 11.6. The van der Waals surface area contributed by atoms with Gasteiger partial charge in [-0.3, -0.25) is 4.79 Å². The van der Waals surface area contributed by atoms with E-state index in [1.165, 1.54) is 6.92 Å². The molecule has 1 rings (SSSR count). The first-order chi connectivity index (χ1) is 6.91. The van der Waals surface area contributed by atoms with Crippen LogP contribution in [0.5, 0.6) is 0 Å². The Kier molecular flexibility index (Phi) is 3.31. The van der Waals surface area contributed by atoms with Crippen molar-refractivity contribution in [3.8, 4) is 6.07 Å². The minimum absolute atomic E-state index is 0.186. The van der Waals surface area contributed by atoms with E-state index in [4.69, 9.17) is 10.4 Å². The molecule has 0 saturated carbocycles. The summed E-state index contributed by atoms with van der Waals surface area (Å²) < 4.78 is 24.4. The van der Waals surface area contributed by atoms with Crippen LogP contribution in [0.25, 0.3) is 0 Å². The number of rotatable bonds is 3. The standard InChI is InChI=1S/C8H12N2O4S/c1-6(5-9)15(13,14)10-4-2-3-7(10)8(11)12/h6-7H,2-4H2,1H3,(H,11,12). The van der Waals surface area contributed by atoms with Gasteiger partial charge in [0.25, 0.3) is 0 Å². The van der Waals surface area contributed by atoms with E-state index in [0.717, 1.165) is 4.31 Å². The van der Waals surface area contributed by atoms with Crippen LogP contribution in [0.1, 0.15) is 19.8 Å². The van der Waals surface area contributed by atoms with Crippen LogP contribution in [0.4, 0.5) is 0 Å². The Morgan fingerprint density at radius 2 is 2.27 bits per heavy atom. The second kappa shape index (κ2) is 4.16. The Morgan fingerprint density at radius 1 is 1.67 bits per heavy atom. The summed E-state index contributed by atoms with van der Waals surface area (Å²) in [5, 5.41) is 16.2. The maximum absolute atomic E-state index is 11.7. The molecule has 84 valence electrons. The third kappa shape index (κ3) is 2.11. The molecule has 0 aromatic heterocycles. The van der Waals surface area contributed by atoms with Gasteiger partial charge in [0.1, 0.15) is 6.04 Å². The van der Waals surface area contributed by atoms with Crippen molar-refractivity contribution in [1.29, 1.82) is 5.26 Å². The summed E-state index contributed by atoms with van der Waals surface area (Å²) >= 11 is 0. The van der Waals surface area contributed by atoms with E-state index in [1.807, 2.05) is 0 Å². The van der Waals surface area contributed by atoms with E-state index in [9.17, 15) is 13.2 Å². The molecule has 1 fully saturated rings. The van der Waals surface area contributed by atoms with E-state index in [-0.39, 0.29) is 6.54 Å². The Hall–Kier alpha value is -1.13. The quantitative estimate of drug-likeness (QED) is 0.725. The van der Waals surface area contributed by atoms with Crippen LogP contribution in [0, 0.1) is 11.3 Å². The highest BCUT2D eigenvalue weighted by Gasteiger charge is 2.41. The third-order valence-electron chi connectivity index (χ3n) is 2.44. The first-order valence-corrected chi connectivity index (χ1v) is 6.04. The fraction of sp³-hybridized carbons (Fsp3) is 0.750. The van der Waals surface area contributed by atoms with Crippen LogP contribution in [-0.2, 0) is 14.8 Å². The van der Waals surface area contributed by atoms with Crippen molar-refractivity contribution in [2.75, 3.05) is 6.54 Å². The highest BCUT2D eigenvalue weighted by molar-refractivity contribution is 7.90. The van der Waals surface area contributed by atoms with Gasteiger partial charge in [-0.25, -0.2) is 8.42 Å². The molecule has 1 aliphatic heterocycles. The molecule has 0 aromatic rings. The molecule has 7 heteroatoms. The van der Waals surface area contributed by atoms with Gasteiger partial charge in [0.05, 0.1) is 6.07 Å². The van der Waals surface area contributed by atoms with Gasteiger partial charge < -0.3 is 5.11 Å². The molecule has 1 aliphatic rings. The number of hydrogen-bond acceptors (Lipinski definition) is 4. The van der Waals surface area contributed by atoms with Gasteiger partial charge in [-0.2, -0.15) is 9.57 Å². The number of sulfonamides is 1. The van der Waals surface area contributed by atoms with Gasteiger partial charge in [-0.1, -0.05) is 0 Å². The minimum atomic E-state index is -3.79. The average Bonchev–Trinajstić information content (AvgIpc) is 2.65. The van der Waals surface area contributed by atoms with Crippen molar-refractivity contribution in [2.24, 2.45) is 0 Å². The third-order valence-corrected chi connectivity index (χ3v) is 4.53. The number of nitriles is 1. The SMILES string of the molecule is CC(C#N)S(=O)(=O)N1CCCC1C(=O)O. The normalized spacial score (nSPS) is 24.7. The molecule has 15 heavy (non-hydrogen) atoms. The summed E-state index contributed by atoms with van der Waals surface area (Å²) in [7, 11) is -3.79. The highest BCUT2D eigenvalue weighted by atomic mass is 32.2. The van der Waals surface area contributed by atoms with Gasteiger partial charge in [-0.15, -0.1) is 0 Å². The number of carboxylic acids is 1. The predicted molar refractivity (Wildman–Crippen MR) is 51.4 cm³/mol. The van der Waals surface area contributed by atoms with Gasteiger partial charge >= 0.3 is 5.97 Å². The second-order valence-electron chi connectivity index (χ2n) is 3.42. The van der Waals surface area contributed by atoms with Crippen LogP contribution in [0.15, 0.2) is 0 Å². The Morgan fingerprint density at radius 3 is 2.73 bits per heavy atom. The average molecular weight is 232 g/mol. The summed E-state index contributed by atoms with van der Waals surface area (Å²) in [6, 6.07) is 0.610. The fourth-order valence-corrected chi connectivity index (χ4v) is 3.03. The van der Waals surface area contributed by atoms with Crippen molar-refractivity contribution in [3.63, 3.8) is 0 Å². The monoisotopic (exact) mass is 232 g/mol. The molecule has 0 radical (unpaired) electrons. The highest BCUT2D eigenvalue weighted by Crippen LogP contribution is 2.23. The lowest BCUT2D eigenvalue weighted by molar-refractivity contribution is -0.140. The molecule has 1 saturated heterocycles. The molecular weight excluding hydrogens is 220 g/mol. The Labute approximate surface area is 88.2 Å². The zero-order valence-electron chi connectivity index (χ0n) is 8.25. The second-order valence-corrected chi connectivity index (χ2v) is 5.63. The zero-order valence-corrected chi connectivity index (χ0v) is 9.07. The number of carbonyl (C=O) groups is 1. The molecule has 2 unspecified atom stereocenters. The van der Waals surface area contributed by atoms with Crippen molar-refractivity contribution >= 4 is 16.0 Å². The number of aliphatic carboxylic acids is 1. The maximum atomic E-state index is 11.7. The number of carboxylic acid groups (broad SMARTS) is 1. The van der Waals surface area contributed by atoms with E-state index < -0.39 is 27.3 Å². The molecule has 0 bridgehead atoms. The summed E-state index contributed by atoms with van der Waals surface area (Å²) in [4.78, 5) is 10.8. The maximum Gasteiger partial charge on any atom is 0.322 e. The molecule has 6 nitrogen and oxygen atoms in total. The molecule has 0 amide bonds. The molecule has 2 atom stereocenters. The van der Waals surface area contributed by atoms with E-state index in [2.05, 4.69) is 0 Å². The van der Waals surface area contributed by atoms with Crippen LogP contribution in [0.2, 0.25) is 0 Å². The van der Waals surface area contributed by atoms with Crippen molar-refractivity contribution in [3.05, 3.63) is 0 Å². The van der Waals surface area contributed by atoms with Crippen molar-refractivity contribution in [1.82, 2.24) is 4.31 Å². The van der Waals surface area contributed by atoms with E-state index in [0.29, 0.717) is 12.8 Å². The van der Waals surface area contributed by atoms with Crippen molar-refractivity contribution < 1.29 is 18.3 Å². The molecule has 0 aromatic carbocycles. The summed E-state index contributed by atoms with van der Waals surface area (Å²) in [6.07, 6.45) is 0.834. The van der Waals surface area contributed by atoms with Crippen LogP contribution >= 0.6 is 0 Å². The van der Waals surface area contributed by atoms with E-state index in [1.54, 1.807) is 6.07 Å². The molecule has 1 heterocycles. The summed E-state index contributed by atoms with van der Waals surface area (Å²) in [6.45, 7) is 1.44. The van der Waals surface area contributed by atoms with Crippen LogP contribution in [0.3, 0.4) is 0 Å². The molecule has 0 spiro atoms. The largest absolute Gasteiger partial charge is 0.480 e. The van der Waals surface area contributed by atoms with Crippen LogP contribution < -0.4 is 0 Å². The number of hydrogen-bond donors (Lipinski definition) is 1. The minimum Gasteiger partial charge on any atom is -0.480 e. The Bertz CT molecular complexity index is 397. The molecular formula is C8H12N2O4S. The van der Waals surface area contributed by atoms with E-state index >= 15 is 0 Å². The number of nitrogens with zero attached hydrogens (tertiary/aromatic N) is 2. The summed E-state index contributed by atoms with van der Waals surface area (Å²) in [5.41, 5.74) is 0. The topological polar surface area (TPSA) is 98.5 Å². The van der Waals surface area contributed by atoms with Gasteiger partial charge in [0, 0.05) is 6.54 Å². The fourth-order valence-electron chi connectivity index (χ4n) is 1.56. The van der Waals surface area contributed by atoms with Gasteiger partial charge in [-0.05, 0) is 19.8 Å². The van der Waals surface area contributed by atoms with Crippen LogP contribution in [-0.4, -0.2) is 41.6 Å². The first-order valence-electron chi connectivity index (χ1n) is 4.54. The molecule has 1 N–H and O–H groups in total. The van der Waals surface area contributed by atoms with Crippen molar-refractivity contribution in [2.45, 2.75) is 31.1 Å². The lowest BCUT2D eigenvalue weighted by Gasteiger charge is -2.21. The first kappa shape index (κ1) is 11.9. The molecule has 0 aliphatic carbocycles. The Balaban J connectivity index is 2.98. The van der Waals surface area contributed by atoms with Gasteiger partial charge in [0.2, 0.25) is 10.0 Å². The lowest BCUT2D eigenvalue weighted by atomic mass is 10.2.